The number of ether oxygens (including phenoxy) is 1. The molecule has 5 rings (SSSR count). The number of fused-ring (bicyclic) bond motifs is 1. The molecule has 0 bridgehead atoms. The Morgan fingerprint density at radius 1 is 1.03 bits per heavy atom. The summed E-state index contributed by atoms with van der Waals surface area (Å²) < 4.78 is 7.25. The summed E-state index contributed by atoms with van der Waals surface area (Å²) in [6.07, 6.45) is 0.375. The van der Waals surface area contributed by atoms with Crippen LogP contribution in [0.5, 0.6) is 5.75 Å². The summed E-state index contributed by atoms with van der Waals surface area (Å²) in [6.45, 7) is 5.30. The zero-order valence-electron chi connectivity index (χ0n) is 21.5. The Balaban J connectivity index is 1.42. The van der Waals surface area contributed by atoms with Crippen LogP contribution in [0.15, 0.2) is 78.9 Å². The van der Waals surface area contributed by atoms with Crippen LogP contribution in [0.1, 0.15) is 37.6 Å². The van der Waals surface area contributed by atoms with Crippen molar-refractivity contribution in [1.29, 1.82) is 0 Å². The second-order valence-corrected chi connectivity index (χ2v) is 9.76. The van der Waals surface area contributed by atoms with Crippen molar-refractivity contribution in [3.63, 3.8) is 0 Å². The van der Waals surface area contributed by atoms with Crippen LogP contribution in [0.2, 0.25) is 0 Å². The summed E-state index contributed by atoms with van der Waals surface area (Å²) in [6, 6.07) is 25.4. The average Bonchev–Trinajstić information content (AvgIpc) is 3.45. The zero-order valence-corrected chi connectivity index (χ0v) is 21.5. The number of hydrogen-bond acceptors (Lipinski definition) is 4. The van der Waals surface area contributed by atoms with Crippen LogP contribution in [0.25, 0.3) is 11.0 Å². The Morgan fingerprint density at radius 2 is 1.73 bits per heavy atom. The molecule has 1 aromatic heterocycles. The molecule has 2 amide bonds. The van der Waals surface area contributed by atoms with Gasteiger partial charge in [-0.2, -0.15) is 0 Å². The maximum Gasteiger partial charge on any atom is 0.247 e. The number of likely N-dealkylation sites (tertiary alicyclic amines) is 1. The van der Waals surface area contributed by atoms with E-state index in [0.717, 1.165) is 33.9 Å². The van der Waals surface area contributed by atoms with Gasteiger partial charge in [-0.25, -0.2) is 4.98 Å². The van der Waals surface area contributed by atoms with Crippen molar-refractivity contribution in [3.05, 3.63) is 90.3 Å². The van der Waals surface area contributed by atoms with Gasteiger partial charge in [0.25, 0.3) is 0 Å². The number of nitrogens with zero attached hydrogens (tertiary/aromatic N) is 4. The van der Waals surface area contributed by atoms with Gasteiger partial charge in [0, 0.05) is 37.2 Å². The monoisotopic (exact) mass is 496 g/mol. The second kappa shape index (κ2) is 10.5. The molecule has 7 nitrogen and oxygen atoms in total. The van der Waals surface area contributed by atoms with E-state index in [2.05, 4.69) is 0 Å². The predicted octanol–water partition coefficient (Wildman–Crippen LogP) is 5.00. The topological polar surface area (TPSA) is 67.7 Å². The molecule has 1 unspecified atom stereocenters. The number of carbonyl (C=O) groups excluding carboxylic acids is 2. The number of imidazole rings is 1. The number of para-hydroxylation sites is 3. The molecule has 0 spiro atoms. The number of methoxy groups -OCH3 is 1. The Labute approximate surface area is 217 Å². The summed E-state index contributed by atoms with van der Waals surface area (Å²) in [5, 5.41) is 0. The van der Waals surface area contributed by atoms with E-state index in [0.29, 0.717) is 19.5 Å². The third kappa shape index (κ3) is 5.07. The third-order valence-corrected chi connectivity index (χ3v) is 6.91. The number of carbonyl (C=O) groups is 2. The van der Waals surface area contributed by atoms with Crippen LogP contribution in [0.3, 0.4) is 0 Å². The van der Waals surface area contributed by atoms with Crippen molar-refractivity contribution >= 4 is 28.5 Å². The van der Waals surface area contributed by atoms with E-state index in [1.807, 2.05) is 107 Å². The van der Waals surface area contributed by atoms with Gasteiger partial charge in [-0.3, -0.25) is 9.59 Å². The number of hydrogen-bond donors (Lipinski definition) is 0. The van der Waals surface area contributed by atoms with Crippen LogP contribution >= 0.6 is 0 Å². The van der Waals surface area contributed by atoms with Crippen molar-refractivity contribution < 1.29 is 14.3 Å². The molecule has 4 aromatic rings. The van der Waals surface area contributed by atoms with E-state index >= 15 is 0 Å². The highest BCUT2D eigenvalue weighted by atomic mass is 16.5. The lowest BCUT2D eigenvalue weighted by Crippen LogP contribution is -2.39. The van der Waals surface area contributed by atoms with Crippen LogP contribution in [-0.2, 0) is 22.7 Å². The van der Waals surface area contributed by atoms with Gasteiger partial charge < -0.3 is 19.1 Å². The lowest BCUT2D eigenvalue weighted by Gasteiger charge is -2.27. The molecule has 0 aliphatic carbocycles. The molecule has 3 aromatic carbocycles. The Hall–Kier alpha value is -4.13. The standard InChI is InChI=1S/C30H32N4O3/c1-21(2)34(24-9-5-4-6-10-24)29(36)20-33-27-12-8-7-11-26(27)31-30(33)23-17-28(35)32(19-23)18-22-13-15-25(37-3)16-14-22/h4-16,21,23H,17-20H2,1-3H3. The highest BCUT2D eigenvalue weighted by Gasteiger charge is 2.34. The minimum atomic E-state index is -0.0878. The van der Waals surface area contributed by atoms with Crippen LogP contribution < -0.4 is 9.64 Å². The van der Waals surface area contributed by atoms with E-state index in [1.54, 1.807) is 7.11 Å². The minimum Gasteiger partial charge on any atom is -0.497 e. The van der Waals surface area contributed by atoms with Gasteiger partial charge >= 0.3 is 0 Å². The Morgan fingerprint density at radius 3 is 2.43 bits per heavy atom. The van der Waals surface area contributed by atoms with E-state index < -0.39 is 0 Å². The lowest BCUT2D eigenvalue weighted by atomic mass is 10.1. The molecule has 0 saturated carbocycles. The molecular weight excluding hydrogens is 464 g/mol. The van der Waals surface area contributed by atoms with Crippen LogP contribution in [-0.4, -0.2) is 46.0 Å². The maximum absolute atomic E-state index is 13.7. The van der Waals surface area contributed by atoms with Crippen molar-refractivity contribution in [1.82, 2.24) is 14.5 Å². The molecular formula is C30H32N4O3. The van der Waals surface area contributed by atoms with Crippen molar-refractivity contribution in [2.24, 2.45) is 0 Å². The van der Waals surface area contributed by atoms with Gasteiger partial charge in [-0.05, 0) is 55.8 Å². The predicted molar refractivity (Wildman–Crippen MR) is 145 cm³/mol. The minimum absolute atomic E-state index is 0.00109. The first kappa shape index (κ1) is 24.6. The van der Waals surface area contributed by atoms with Gasteiger partial charge in [0.05, 0.1) is 18.1 Å². The SMILES string of the molecule is COc1ccc(CN2CC(c3nc4ccccc4n3CC(=O)N(c3ccccc3)C(C)C)CC2=O)cc1. The summed E-state index contributed by atoms with van der Waals surface area (Å²) >= 11 is 0. The average molecular weight is 497 g/mol. The summed E-state index contributed by atoms with van der Waals surface area (Å²) in [5.74, 6) is 1.58. The van der Waals surface area contributed by atoms with E-state index in [1.165, 1.54) is 0 Å². The second-order valence-electron chi connectivity index (χ2n) is 9.76. The molecule has 37 heavy (non-hydrogen) atoms. The van der Waals surface area contributed by atoms with Gasteiger partial charge in [0.1, 0.15) is 18.1 Å². The first-order valence-corrected chi connectivity index (χ1v) is 12.7. The molecule has 1 atom stereocenters. The summed E-state index contributed by atoms with van der Waals surface area (Å²) in [5.41, 5.74) is 3.66. The molecule has 1 saturated heterocycles. The zero-order chi connectivity index (χ0) is 25.9. The van der Waals surface area contributed by atoms with E-state index in [-0.39, 0.29) is 30.3 Å². The van der Waals surface area contributed by atoms with E-state index in [4.69, 9.17) is 9.72 Å². The number of aromatic nitrogens is 2. The Bertz CT molecular complexity index is 1400. The first-order chi connectivity index (χ1) is 17.9. The van der Waals surface area contributed by atoms with Gasteiger partial charge in [-0.1, -0.05) is 42.5 Å². The number of rotatable bonds is 8. The molecule has 1 fully saturated rings. The molecule has 0 radical (unpaired) electrons. The van der Waals surface area contributed by atoms with Gasteiger partial charge in [-0.15, -0.1) is 0 Å². The van der Waals surface area contributed by atoms with Gasteiger partial charge in [0.2, 0.25) is 11.8 Å². The summed E-state index contributed by atoms with van der Waals surface area (Å²) in [4.78, 5) is 35.3. The molecule has 1 aliphatic rings. The smallest absolute Gasteiger partial charge is 0.247 e. The highest BCUT2D eigenvalue weighted by molar-refractivity contribution is 5.94. The number of benzene rings is 3. The molecule has 0 N–H and O–H groups in total. The molecule has 190 valence electrons. The maximum atomic E-state index is 13.7. The van der Waals surface area contributed by atoms with Crippen LogP contribution in [0, 0.1) is 0 Å². The molecule has 7 heteroatoms. The van der Waals surface area contributed by atoms with Crippen molar-refractivity contribution in [2.75, 3.05) is 18.6 Å². The van der Waals surface area contributed by atoms with Crippen LogP contribution in [0.4, 0.5) is 5.69 Å². The number of amides is 2. The highest BCUT2D eigenvalue weighted by Crippen LogP contribution is 2.32. The normalized spacial score (nSPS) is 15.5. The lowest BCUT2D eigenvalue weighted by molar-refractivity contribution is -0.128. The van der Waals surface area contributed by atoms with E-state index in [9.17, 15) is 9.59 Å². The fourth-order valence-corrected chi connectivity index (χ4v) is 5.15. The Kier molecular flexibility index (Phi) is 6.95. The van der Waals surface area contributed by atoms with Crippen molar-refractivity contribution in [2.45, 2.75) is 45.3 Å². The fraction of sp³-hybridized carbons (Fsp3) is 0.300. The molecule has 1 aliphatic heterocycles. The fourth-order valence-electron chi connectivity index (χ4n) is 5.15. The van der Waals surface area contributed by atoms with Gasteiger partial charge in [0.15, 0.2) is 0 Å². The number of anilines is 1. The van der Waals surface area contributed by atoms with Crippen molar-refractivity contribution in [3.8, 4) is 5.75 Å². The first-order valence-electron chi connectivity index (χ1n) is 12.7. The summed E-state index contributed by atoms with van der Waals surface area (Å²) in [7, 11) is 1.64. The quantitative estimate of drug-likeness (QED) is 0.344. The third-order valence-electron chi connectivity index (χ3n) is 6.91. The molecule has 2 heterocycles. The largest absolute Gasteiger partial charge is 0.497 e.